The van der Waals surface area contributed by atoms with Crippen LogP contribution in [-0.2, 0) is 9.63 Å². The Hall–Kier alpha value is -1.53. The number of amides is 1. The number of hydroxylamine groups is 1. The van der Waals surface area contributed by atoms with Crippen LogP contribution in [0.25, 0.3) is 6.08 Å². The van der Waals surface area contributed by atoms with Gasteiger partial charge in [-0.15, -0.1) is 0 Å². The second-order valence-corrected chi connectivity index (χ2v) is 3.69. The van der Waals surface area contributed by atoms with E-state index in [1.54, 1.807) is 29.7 Å². The van der Waals surface area contributed by atoms with Crippen molar-refractivity contribution in [3.63, 3.8) is 0 Å². The predicted molar refractivity (Wildman–Crippen MR) is 60.6 cm³/mol. The number of nitrogens with one attached hydrogen (secondary N) is 1. The third kappa shape index (κ3) is 6.27. The fourth-order valence-corrected chi connectivity index (χ4v) is 1.20. The number of halogens is 4. The van der Waals surface area contributed by atoms with E-state index in [1.807, 2.05) is 0 Å². The standard InChI is InChI=1S/C11H9ClF3NO2/c12-9-3-1-2-8(6-9)4-5-10(17)16-18-7-11(13,14)15/h1-6H,7H2,(H,16,17)/b5-4+. The van der Waals surface area contributed by atoms with E-state index in [0.29, 0.717) is 10.6 Å². The molecule has 1 aromatic rings. The summed E-state index contributed by atoms with van der Waals surface area (Å²) in [6.07, 6.45) is -2.04. The molecular formula is C11H9ClF3NO2. The lowest BCUT2D eigenvalue weighted by atomic mass is 10.2. The molecule has 98 valence electrons. The second-order valence-electron chi connectivity index (χ2n) is 3.26. The van der Waals surface area contributed by atoms with Gasteiger partial charge in [-0.25, -0.2) is 5.48 Å². The third-order valence-electron chi connectivity index (χ3n) is 1.68. The van der Waals surface area contributed by atoms with Gasteiger partial charge in [0.1, 0.15) is 0 Å². The highest BCUT2D eigenvalue weighted by molar-refractivity contribution is 6.30. The summed E-state index contributed by atoms with van der Waals surface area (Å²) >= 11 is 5.71. The molecule has 0 aromatic heterocycles. The maximum Gasteiger partial charge on any atom is 0.414 e. The number of carbonyl (C=O) groups excluding carboxylic acids is 1. The normalized spacial score (nSPS) is 11.8. The lowest BCUT2D eigenvalue weighted by Gasteiger charge is -2.06. The van der Waals surface area contributed by atoms with Crippen molar-refractivity contribution < 1.29 is 22.8 Å². The molecule has 0 spiro atoms. The molecule has 0 saturated carbocycles. The number of alkyl halides is 3. The summed E-state index contributed by atoms with van der Waals surface area (Å²) < 4.78 is 35.1. The van der Waals surface area contributed by atoms with Crippen LogP contribution in [0.15, 0.2) is 30.3 Å². The van der Waals surface area contributed by atoms with Crippen molar-refractivity contribution in [1.29, 1.82) is 0 Å². The Kier molecular flexibility index (Phi) is 5.18. The van der Waals surface area contributed by atoms with Crippen molar-refractivity contribution in [1.82, 2.24) is 5.48 Å². The van der Waals surface area contributed by atoms with E-state index in [0.717, 1.165) is 6.08 Å². The van der Waals surface area contributed by atoms with E-state index in [2.05, 4.69) is 4.84 Å². The molecule has 1 rings (SSSR count). The van der Waals surface area contributed by atoms with Gasteiger partial charge in [-0.3, -0.25) is 9.63 Å². The molecule has 7 heteroatoms. The number of carbonyl (C=O) groups is 1. The second kappa shape index (κ2) is 6.42. The van der Waals surface area contributed by atoms with E-state index >= 15 is 0 Å². The highest BCUT2D eigenvalue weighted by atomic mass is 35.5. The van der Waals surface area contributed by atoms with Crippen molar-refractivity contribution in [2.75, 3.05) is 6.61 Å². The van der Waals surface area contributed by atoms with Crippen molar-refractivity contribution in [2.24, 2.45) is 0 Å². The Labute approximate surface area is 106 Å². The van der Waals surface area contributed by atoms with Gasteiger partial charge in [-0.1, -0.05) is 23.7 Å². The van der Waals surface area contributed by atoms with Gasteiger partial charge in [0.05, 0.1) is 0 Å². The van der Waals surface area contributed by atoms with Gasteiger partial charge >= 0.3 is 6.18 Å². The highest BCUT2D eigenvalue weighted by Gasteiger charge is 2.28. The Bertz CT molecular complexity index is 446. The molecule has 1 aromatic carbocycles. The molecule has 0 aliphatic heterocycles. The maximum absolute atomic E-state index is 11.7. The molecule has 1 N–H and O–H groups in total. The summed E-state index contributed by atoms with van der Waals surface area (Å²) in [4.78, 5) is 15.0. The smallest absolute Gasteiger partial charge is 0.268 e. The molecule has 18 heavy (non-hydrogen) atoms. The first-order valence-corrected chi connectivity index (χ1v) is 5.17. The van der Waals surface area contributed by atoms with Gasteiger partial charge < -0.3 is 0 Å². The van der Waals surface area contributed by atoms with Crippen LogP contribution >= 0.6 is 11.6 Å². The predicted octanol–water partition coefficient (Wildman–Crippen LogP) is 2.96. The SMILES string of the molecule is O=C(/C=C/c1cccc(Cl)c1)NOCC(F)(F)F. The molecule has 0 unspecified atom stereocenters. The zero-order chi connectivity index (χ0) is 13.6. The molecule has 0 radical (unpaired) electrons. The van der Waals surface area contributed by atoms with Gasteiger partial charge in [0.2, 0.25) is 0 Å². The van der Waals surface area contributed by atoms with Crippen molar-refractivity contribution in [3.05, 3.63) is 40.9 Å². The third-order valence-corrected chi connectivity index (χ3v) is 1.92. The zero-order valence-corrected chi connectivity index (χ0v) is 9.76. The molecular weight excluding hydrogens is 271 g/mol. The Morgan fingerprint density at radius 1 is 1.44 bits per heavy atom. The summed E-state index contributed by atoms with van der Waals surface area (Å²) in [5, 5.41) is 0.492. The van der Waals surface area contributed by atoms with Crippen molar-refractivity contribution >= 4 is 23.6 Å². The number of rotatable bonds is 4. The van der Waals surface area contributed by atoms with Crippen LogP contribution in [0.2, 0.25) is 5.02 Å². The first-order chi connectivity index (χ1) is 8.37. The highest BCUT2D eigenvalue weighted by Crippen LogP contribution is 2.13. The molecule has 0 aliphatic rings. The van der Waals surface area contributed by atoms with Crippen LogP contribution in [0.3, 0.4) is 0 Å². The van der Waals surface area contributed by atoms with Gasteiger partial charge in [0.15, 0.2) is 6.61 Å². The average molecular weight is 280 g/mol. The number of benzene rings is 1. The summed E-state index contributed by atoms with van der Waals surface area (Å²) in [6.45, 7) is -1.54. The Morgan fingerprint density at radius 3 is 2.78 bits per heavy atom. The largest absolute Gasteiger partial charge is 0.414 e. The summed E-state index contributed by atoms with van der Waals surface area (Å²) in [5.74, 6) is -0.792. The van der Waals surface area contributed by atoms with E-state index in [9.17, 15) is 18.0 Å². The van der Waals surface area contributed by atoms with Crippen molar-refractivity contribution in [3.8, 4) is 0 Å². The zero-order valence-electron chi connectivity index (χ0n) is 9.00. The van der Waals surface area contributed by atoms with E-state index in [1.165, 1.54) is 6.08 Å². The van der Waals surface area contributed by atoms with E-state index in [4.69, 9.17) is 11.6 Å². The molecule has 0 heterocycles. The number of hydrogen-bond acceptors (Lipinski definition) is 2. The monoisotopic (exact) mass is 279 g/mol. The topological polar surface area (TPSA) is 38.3 Å². The van der Waals surface area contributed by atoms with Crippen LogP contribution in [0.1, 0.15) is 5.56 Å². The first-order valence-electron chi connectivity index (χ1n) is 4.79. The molecule has 3 nitrogen and oxygen atoms in total. The van der Waals surface area contributed by atoms with Crippen LogP contribution in [0, 0.1) is 0 Å². The summed E-state index contributed by atoms with van der Waals surface area (Å²) in [7, 11) is 0. The molecule has 0 fully saturated rings. The molecule has 1 amide bonds. The minimum atomic E-state index is -4.48. The van der Waals surface area contributed by atoms with Gasteiger partial charge in [-0.05, 0) is 23.8 Å². The van der Waals surface area contributed by atoms with Crippen LogP contribution < -0.4 is 5.48 Å². The molecule has 0 aliphatic carbocycles. The Morgan fingerprint density at radius 2 is 2.17 bits per heavy atom. The van der Waals surface area contributed by atoms with Crippen molar-refractivity contribution in [2.45, 2.75) is 6.18 Å². The maximum atomic E-state index is 11.7. The molecule has 0 atom stereocenters. The lowest BCUT2D eigenvalue weighted by molar-refractivity contribution is -0.190. The summed E-state index contributed by atoms with van der Waals surface area (Å²) in [6, 6.07) is 6.62. The van der Waals surface area contributed by atoms with Gasteiger partial charge in [0, 0.05) is 11.1 Å². The first kappa shape index (κ1) is 14.5. The molecule has 0 bridgehead atoms. The minimum Gasteiger partial charge on any atom is -0.268 e. The summed E-state index contributed by atoms with van der Waals surface area (Å²) in [5.41, 5.74) is 2.29. The Balaban J connectivity index is 2.40. The average Bonchev–Trinajstić information content (AvgIpc) is 2.25. The minimum absolute atomic E-state index is 0.492. The van der Waals surface area contributed by atoms with E-state index in [-0.39, 0.29) is 0 Å². The van der Waals surface area contributed by atoms with Gasteiger partial charge in [-0.2, -0.15) is 13.2 Å². The van der Waals surface area contributed by atoms with Crippen LogP contribution in [-0.4, -0.2) is 18.7 Å². The van der Waals surface area contributed by atoms with Crippen LogP contribution in [0.4, 0.5) is 13.2 Å². The molecule has 0 saturated heterocycles. The fourth-order valence-electron chi connectivity index (χ4n) is 1.01. The van der Waals surface area contributed by atoms with E-state index < -0.39 is 18.7 Å². The fraction of sp³-hybridized carbons (Fsp3) is 0.182. The quantitative estimate of drug-likeness (QED) is 0.680. The number of hydrogen-bond donors (Lipinski definition) is 1. The van der Waals surface area contributed by atoms with Crippen LogP contribution in [0.5, 0.6) is 0 Å². The lowest BCUT2D eigenvalue weighted by Crippen LogP contribution is -2.28. The van der Waals surface area contributed by atoms with Gasteiger partial charge in [0.25, 0.3) is 5.91 Å².